The third-order valence-corrected chi connectivity index (χ3v) is 6.69. The number of carbonyl (C=O) groups excluding carboxylic acids is 1. The summed E-state index contributed by atoms with van der Waals surface area (Å²) in [5.41, 5.74) is 5.45. The van der Waals surface area contributed by atoms with Crippen molar-refractivity contribution < 1.29 is 9.18 Å². The Hall–Kier alpha value is -2.99. The molecule has 1 fully saturated rings. The Morgan fingerprint density at radius 2 is 1.97 bits per heavy atom. The Morgan fingerprint density at radius 3 is 2.70 bits per heavy atom. The first-order chi connectivity index (χ1) is 16.1. The summed E-state index contributed by atoms with van der Waals surface area (Å²) in [4.78, 5) is 17.1. The standard InChI is InChI=1S/C27H31FN4O/c1-2-27(33)31(17-20-11-12-20)19-25-24-18-30(16-21-7-6-8-22(28)15-21)14-13-26(24)32(29-25)23-9-4-3-5-10-23/h3-10,15,20H,2,11-14,16-19H2,1H3. The molecule has 3 aromatic rings. The molecule has 1 saturated carbocycles. The van der Waals surface area contributed by atoms with Gasteiger partial charge in [-0.25, -0.2) is 9.07 Å². The molecule has 0 N–H and O–H groups in total. The van der Waals surface area contributed by atoms with E-state index in [-0.39, 0.29) is 11.7 Å². The zero-order valence-electron chi connectivity index (χ0n) is 19.2. The minimum Gasteiger partial charge on any atom is -0.336 e. The number of fused-ring (bicyclic) bond motifs is 1. The van der Waals surface area contributed by atoms with E-state index >= 15 is 0 Å². The summed E-state index contributed by atoms with van der Waals surface area (Å²) >= 11 is 0. The van der Waals surface area contributed by atoms with Crippen LogP contribution in [0.25, 0.3) is 5.69 Å². The maximum atomic E-state index is 13.7. The molecule has 0 spiro atoms. The monoisotopic (exact) mass is 446 g/mol. The van der Waals surface area contributed by atoms with Crippen LogP contribution in [0.1, 0.15) is 48.7 Å². The predicted molar refractivity (Wildman–Crippen MR) is 126 cm³/mol. The van der Waals surface area contributed by atoms with Crippen molar-refractivity contribution in [2.24, 2.45) is 5.92 Å². The molecule has 5 rings (SSSR count). The van der Waals surface area contributed by atoms with Crippen LogP contribution in [0.2, 0.25) is 0 Å². The van der Waals surface area contributed by atoms with Crippen molar-refractivity contribution >= 4 is 5.91 Å². The number of amides is 1. The third kappa shape index (κ3) is 5.01. The van der Waals surface area contributed by atoms with Crippen LogP contribution < -0.4 is 0 Å². The summed E-state index contributed by atoms with van der Waals surface area (Å²) in [6, 6.07) is 17.1. The Kier molecular flexibility index (Phi) is 6.27. The zero-order chi connectivity index (χ0) is 22.8. The van der Waals surface area contributed by atoms with Crippen molar-refractivity contribution in [3.63, 3.8) is 0 Å². The molecule has 6 heteroatoms. The minimum atomic E-state index is -0.198. The van der Waals surface area contributed by atoms with Gasteiger partial charge >= 0.3 is 0 Å². The molecule has 2 aliphatic rings. The summed E-state index contributed by atoms with van der Waals surface area (Å²) in [5.74, 6) is 0.630. The number of para-hydroxylation sites is 1. The van der Waals surface area contributed by atoms with Crippen LogP contribution >= 0.6 is 0 Å². The van der Waals surface area contributed by atoms with Crippen molar-refractivity contribution in [1.29, 1.82) is 0 Å². The summed E-state index contributed by atoms with van der Waals surface area (Å²) < 4.78 is 15.8. The van der Waals surface area contributed by atoms with Crippen molar-refractivity contribution in [3.05, 3.63) is 82.9 Å². The molecule has 0 saturated heterocycles. The number of halogens is 1. The lowest BCUT2D eigenvalue weighted by Crippen LogP contribution is -2.34. The van der Waals surface area contributed by atoms with Crippen molar-refractivity contribution in [2.75, 3.05) is 13.1 Å². The van der Waals surface area contributed by atoms with Gasteiger partial charge in [-0.2, -0.15) is 5.10 Å². The Morgan fingerprint density at radius 1 is 1.15 bits per heavy atom. The fraction of sp³-hybridized carbons (Fsp3) is 0.407. The average Bonchev–Trinajstić information content (AvgIpc) is 3.58. The third-order valence-electron chi connectivity index (χ3n) is 6.69. The minimum absolute atomic E-state index is 0.192. The SMILES string of the molecule is CCC(=O)N(Cc1nn(-c2ccccc2)c2c1CN(Cc1cccc(F)c1)CC2)CC1CC1. The summed E-state index contributed by atoms with van der Waals surface area (Å²) in [6.45, 7) is 5.66. The second-order valence-electron chi connectivity index (χ2n) is 9.28. The number of carbonyl (C=O) groups is 1. The molecule has 0 bridgehead atoms. The van der Waals surface area contributed by atoms with Gasteiger partial charge < -0.3 is 4.90 Å². The van der Waals surface area contributed by atoms with Crippen molar-refractivity contribution in [1.82, 2.24) is 19.6 Å². The van der Waals surface area contributed by atoms with Gasteiger partial charge in [0.05, 0.1) is 23.6 Å². The number of hydrogen-bond donors (Lipinski definition) is 0. The molecule has 1 aromatic heterocycles. The second-order valence-corrected chi connectivity index (χ2v) is 9.28. The largest absolute Gasteiger partial charge is 0.336 e. The van der Waals surface area contributed by atoms with E-state index in [1.54, 1.807) is 12.1 Å². The molecule has 1 aliphatic heterocycles. The first-order valence-corrected chi connectivity index (χ1v) is 12.0. The first kappa shape index (κ1) is 21.8. The number of rotatable bonds is 8. The lowest BCUT2D eigenvalue weighted by molar-refractivity contribution is -0.131. The molecule has 0 atom stereocenters. The predicted octanol–water partition coefficient (Wildman–Crippen LogP) is 4.72. The van der Waals surface area contributed by atoms with E-state index in [9.17, 15) is 9.18 Å². The van der Waals surface area contributed by atoms with Gasteiger partial charge in [-0.3, -0.25) is 9.69 Å². The highest BCUT2D eigenvalue weighted by Gasteiger charge is 2.30. The molecule has 0 unspecified atom stereocenters. The average molecular weight is 447 g/mol. The Balaban J connectivity index is 1.45. The molecule has 1 aliphatic carbocycles. The Bertz CT molecular complexity index is 1120. The lowest BCUT2D eigenvalue weighted by Gasteiger charge is -2.28. The second kappa shape index (κ2) is 9.48. The topological polar surface area (TPSA) is 41.4 Å². The molecule has 172 valence electrons. The van der Waals surface area contributed by atoms with Gasteiger partial charge in [-0.15, -0.1) is 0 Å². The molecule has 5 nitrogen and oxygen atoms in total. The highest BCUT2D eigenvalue weighted by atomic mass is 19.1. The van der Waals surface area contributed by atoms with Gasteiger partial charge in [0.2, 0.25) is 5.91 Å². The van der Waals surface area contributed by atoms with E-state index in [1.807, 2.05) is 36.1 Å². The molecule has 33 heavy (non-hydrogen) atoms. The summed E-state index contributed by atoms with van der Waals surface area (Å²) in [6.07, 6.45) is 3.81. The maximum absolute atomic E-state index is 13.7. The van der Waals surface area contributed by atoms with Crippen molar-refractivity contribution in [2.45, 2.75) is 52.2 Å². The summed E-state index contributed by atoms with van der Waals surface area (Å²) in [5, 5.41) is 5.04. The Labute approximate surface area is 194 Å². The highest BCUT2D eigenvalue weighted by Crippen LogP contribution is 2.32. The van der Waals surface area contributed by atoms with E-state index in [4.69, 9.17) is 5.10 Å². The number of benzene rings is 2. The maximum Gasteiger partial charge on any atom is 0.222 e. The number of aromatic nitrogens is 2. The fourth-order valence-electron chi connectivity index (χ4n) is 4.75. The van der Waals surface area contributed by atoms with Crippen LogP contribution in [0, 0.1) is 11.7 Å². The van der Waals surface area contributed by atoms with E-state index in [0.717, 1.165) is 43.0 Å². The zero-order valence-corrected chi connectivity index (χ0v) is 19.2. The van der Waals surface area contributed by atoms with E-state index in [0.29, 0.717) is 25.4 Å². The molecule has 2 aromatic carbocycles. The normalized spacial score (nSPS) is 15.9. The van der Waals surface area contributed by atoms with Crippen LogP contribution in [0.15, 0.2) is 54.6 Å². The van der Waals surface area contributed by atoms with E-state index in [1.165, 1.54) is 30.2 Å². The summed E-state index contributed by atoms with van der Waals surface area (Å²) in [7, 11) is 0. The number of nitrogens with zero attached hydrogens (tertiary/aromatic N) is 4. The smallest absolute Gasteiger partial charge is 0.222 e. The van der Waals surface area contributed by atoms with Gasteiger partial charge in [0.25, 0.3) is 0 Å². The lowest BCUT2D eigenvalue weighted by atomic mass is 10.0. The quantitative estimate of drug-likeness (QED) is 0.503. The molecular weight excluding hydrogens is 415 g/mol. The van der Waals surface area contributed by atoms with Crippen LogP contribution in [-0.2, 0) is 30.8 Å². The van der Waals surface area contributed by atoms with E-state index in [2.05, 4.69) is 21.7 Å². The highest BCUT2D eigenvalue weighted by molar-refractivity contribution is 5.75. The van der Waals surface area contributed by atoms with Crippen LogP contribution in [0.3, 0.4) is 0 Å². The van der Waals surface area contributed by atoms with Gasteiger partial charge in [-0.05, 0) is 48.6 Å². The van der Waals surface area contributed by atoms with Crippen LogP contribution in [-0.4, -0.2) is 38.6 Å². The fourth-order valence-corrected chi connectivity index (χ4v) is 4.75. The van der Waals surface area contributed by atoms with Gasteiger partial charge in [0.15, 0.2) is 0 Å². The van der Waals surface area contributed by atoms with Gasteiger partial charge in [0.1, 0.15) is 5.82 Å². The van der Waals surface area contributed by atoms with Crippen LogP contribution in [0.4, 0.5) is 4.39 Å². The first-order valence-electron chi connectivity index (χ1n) is 12.0. The van der Waals surface area contributed by atoms with Gasteiger partial charge in [-0.1, -0.05) is 37.3 Å². The molecule has 0 radical (unpaired) electrons. The van der Waals surface area contributed by atoms with Gasteiger partial charge in [0, 0.05) is 44.6 Å². The molecule has 2 heterocycles. The molecule has 1 amide bonds. The van der Waals surface area contributed by atoms with Crippen molar-refractivity contribution in [3.8, 4) is 5.69 Å². The number of hydrogen-bond acceptors (Lipinski definition) is 3. The molecular formula is C27H31FN4O. The van der Waals surface area contributed by atoms with E-state index < -0.39 is 0 Å². The van der Waals surface area contributed by atoms with Crippen LogP contribution in [0.5, 0.6) is 0 Å².